The van der Waals surface area contributed by atoms with E-state index in [1.807, 2.05) is 0 Å². The predicted octanol–water partition coefficient (Wildman–Crippen LogP) is 2.91. The maximum atomic E-state index is 12.2. The van der Waals surface area contributed by atoms with Crippen LogP contribution in [0.1, 0.15) is 17.3 Å². The zero-order valence-corrected chi connectivity index (χ0v) is 7.06. The Hall–Kier alpha value is -1.32. The quantitative estimate of drug-likeness (QED) is 0.622. The third kappa shape index (κ3) is 5.00. The Morgan fingerprint density at radius 1 is 1.23 bits per heavy atom. The molecule has 0 aliphatic heterocycles. The molecule has 0 saturated carbocycles. The van der Waals surface area contributed by atoms with Gasteiger partial charge >= 0.3 is 0 Å². The highest BCUT2D eigenvalue weighted by Crippen LogP contribution is 2.02. The van der Waals surface area contributed by atoms with E-state index in [0.717, 1.165) is 0 Å². The molecule has 0 unspecified atom stereocenters. The van der Waals surface area contributed by atoms with Gasteiger partial charge in [0.2, 0.25) is 6.93 Å². The molecule has 0 aromatic heterocycles. The first-order valence-electron chi connectivity index (χ1n) is 3.50. The van der Waals surface area contributed by atoms with E-state index < -0.39 is 6.93 Å². The summed E-state index contributed by atoms with van der Waals surface area (Å²) in [6.07, 6.45) is 0. The van der Waals surface area contributed by atoms with Gasteiger partial charge in [0.05, 0.1) is 0 Å². The van der Waals surface area contributed by atoms with Gasteiger partial charge < -0.3 is 0 Å². The third-order valence-electron chi connectivity index (χ3n) is 1.25. The summed E-state index contributed by atoms with van der Waals surface area (Å²) in [6.45, 7) is -0.298. The topological polar surface area (TPSA) is 17.1 Å². The normalized spacial score (nSPS) is 8.62. The first-order chi connectivity index (χ1) is 6.11. The molecule has 0 spiro atoms. The van der Waals surface area contributed by atoms with Crippen LogP contribution < -0.4 is 0 Å². The molecule has 1 nitrogen and oxygen atoms in total. The van der Waals surface area contributed by atoms with Gasteiger partial charge in [-0.05, 0) is 31.2 Å². The Balaban J connectivity index is 0.000000424. The molecule has 72 valence electrons. The van der Waals surface area contributed by atoms with Crippen LogP contribution in [-0.2, 0) is 0 Å². The average molecular weight is 190 g/mol. The lowest BCUT2D eigenvalue weighted by atomic mass is 10.1. The van der Waals surface area contributed by atoms with Crippen LogP contribution >= 0.6 is 0 Å². The monoisotopic (exact) mass is 190 g/mol. The summed E-state index contributed by atoms with van der Waals surface area (Å²) >= 11 is 0. The molecular formula is C9H9F3O. The van der Waals surface area contributed by atoms with E-state index in [4.69, 9.17) is 0 Å². The molecule has 0 fully saturated rings. The molecule has 4 heteroatoms. The van der Waals surface area contributed by atoms with E-state index in [-0.39, 0.29) is 11.6 Å². The Kier molecular flexibility index (Phi) is 5.59. The average Bonchev–Trinajstić information content (AvgIpc) is 2.06. The Morgan fingerprint density at radius 3 is 1.92 bits per heavy atom. The van der Waals surface area contributed by atoms with Crippen molar-refractivity contribution in [2.24, 2.45) is 0 Å². The summed E-state index contributed by atoms with van der Waals surface area (Å²) in [6, 6.07) is 5.49. The molecule has 0 atom stereocenters. The van der Waals surface area contributed by atoms with Crippen LogP contribution in [0.15, 0.2) is 24.3 Å². The molecular weight excluding hydrogens is 181 g/mol. The van der Waals surface area contributed by atoms with Crippen molar-refractivity contribution in [1.82, 2.24) is 0 Å². The number of halogens is 3. The summed E-state index contributed by atoms with van der Waals surface area (Å²) in [5.41, 5.74) is 0.543. The summed E-state index contributed by atoms with van der Waals surface area (Å²) in [4.78, 5) is 10.6. The number of hydrogen-bond acceptors (Lipinski definition) is 1. The SMILES string of the molecule is CC(=O)c1ccc(F)cc1.FCF. The van der Waals surface area contributed by atoms with Crippen LogP contribution in [0.2, 0.25) is 0 Å². The minimum Gasteiger partial charge on any atom is -0.295 e. The lowest BCUT2D eigenvalue weighted by Gasteiger charge is -1.91. The molecule has 0 heterocycles. The largest absolute Gasteiger partial charge is 0.295 e. The summed E-state index contributed by atoms with van der Waals surface area (Å²) < 4.78 is 31.5. The van der Waals surface area contributed by atoms with Gasteiger partial charge in [0.25, 0.3) is 0 Å². The van der Waals surface area contributed by atoms with Gasteiger partial charge in [-0.15, -0.1) is 0 Å². The highest BCUT2D eigenvalue weighted by Gasteiger charge is 1.96. The van der Waals surface area contributed by atoms with Crippen molar-refractivity contribution in [3.63, 3.8) is 0 Å². The van der Waals surface area contributed by atoms with Gasteiger partial charge in [0.15, 0.2) is 5.78 Å². The standard InChI is InChI=1S/C8H7FO.CH2F2/c1-6(10)7-2-4-8(9)5-3-7;2-1-3/h2-5H,1H3;1H2. The highest BCUT2D eigenvalue weighted by molar-refractivity contribution is 5.93. The Labute approximate surface area is 74.2 Å². The van der Waals surface area contributed by atoms with Gasteiger partial charge in [0.1, 0.15) is 5.82 Å². The van der Waals surface area contributed by atoms with Gasteiger partial charge in [-0.3, -0.25) is 4.79 Å². The fourth-order valence-electron chi connectivity index (χ4n) is 0.685. The second-order valence-corrected chi connectivity index (χ2v) is 2.16. The van der Waals surface area contributed by atoms with Gasteiger partial charge in [-0.2, -0.15) is 0 Å². The summed E-state index contributed by atoms with van der Waals surface area (Å²) in [7, 11) is 0. The molecule has 0 amide bonds. The van der Waals surface area contributed by atoms with E-state index in [1.165, 1.54) is 31.2 Å². The Bertz CT molecular complexity index is 256. The van der Waals surface area contributed by atoms with Crippen molar-refractivity contribution in [2.45, 2.75) is 6.92 Å². The number of Topliss-reactive ketones (excluding diaryl/α,β-unsaturated/α-hetero) is 1. The zero-order valence-electron chi connectivity index (χ0n) is 7.06. The van der Waals surface area contributed by atoms with Crippen molar-refractivity contribution in [3.8, 4) is 0 Å². The minimum absolute atomic E-state index is 0.0417. The second kappa shape index (κ2) is 6.22. The lowest BCUT2D eigenvalue weighted by Crippen LogP contribution is -1.90. The van der Waals surface area contributed by atoms with Crippen molar-refractivity contribution in [2.75, 3.05) is 6.93 Å². The molecule has 0 bridgehead atoms. The van der Waals surface area contributed by atoms with E-state index in [1.54, 1.807) is 0 Å². The number of carbonyl (C=O) groups excluding carboxylic acids is 1. The molecule has 0 radical (unpaired) electrons. The van der Waals surface area contributed by atoms with Crippen LogP contribution in [0.5, 0.6) is 0 Å². The van der Waals surface area contributed by atoms with Crippen LogP contribution in [0.25, 0.3) is 0 Å². The molecule has 0 aliphatic carbocycles. The van der Waals surface area contributed by atoms with Crippen LogP contribution in [0.4, 0.5) is 13.2 Å². The number of alkyl halides is 2. The number of benzene rings is 1. The van der Waals surface area contributed by atoms with Gasteiger partial charge in [-0.1, -0.05) is 0 Å². The molecule has 1 aromatic rings. The zero-order chi connectivity index (χ0) is 10.3. The first kappa shape index (κ1) is 11.7. The molecule has 1 aromatic carbocycles. The number of rotatable bonds is 1. The van der Waals surface area contributed by atoms with E-state index in [0.29, 0.717) is 5.56 Å². The summed E-state index contributed by atoms with van der Waals surface area (Å²) in [5, 5.41) is 0. The number of ketones is 1. The lowest BCUT2D eigenvalue weighted by molar-refractivity contribution is 0.101. The molecule has 0 aliphatic rings. The van der Waals surface area contributed by atoms with E-state index in [9.17, 15) is 18.0 Å². The van der Waals surface area contributed by atoms with Crippen molar-refractivity contribution in [3.05, 3.63) is 35.6 Å². The maximum absolute atomic E-state index is 12.2. The fraction of sp³-hybridized carbons (Fsp3) is 0.222. The van der Waals surface area contributed by atoms with Crippen LogP contribution in [-0.4, -0.2) is 12.7 Å². The minimum atomic E-state index is -1.75. The maximum Gasteiger partial charge on any atom is 0.229 e. The van der Waals surface area contributed by atoms with Crippen molar-refractivity contribution in [1.29, 1.82) is 0 Å². The fourth-order valence-corrected chi connectivity index (χ4v) is 0.685. The van der Waals surface area contributed by atoms with E-state index >= 15 is 0 Å². The van der Waals surface area contributed by atoms with Crippen molar-refractivity contribution >= 4 is 5.78 Å². The molecule has 0 N–H and O–H groups in total. The third-order valence-corrected chi connectivity index (χ3v) is 1.25. The van der Waals surface area contributed by atoms with E-state index in [2.05, 4.69) is 0 Å². The predicted molar refractivity (Wildman–Crippen MR) is 43.5 cm³/mol. The summed E-state index contributed by atoms with van der Waals surface area (Å²) in [5.74, 6) is -0.356. The van der Waals surface area contributed by atoms with Crippen LogP contribution in [0.3, 0.4) is 0 Å². The Morgan fingerprint density at radius 2 is 1.62 bits per heavy atom. The van der Waals surface area contributed by atoms with Crippen molar-refractivity contribution < 1.29 is 18.0 Å². The number of carbonyl (C=O) groups is 1. The first-order valence-corrected chi connectivity index (χ1v) is 3.50. The highest BCUT2D eigenvalue weighted by atomic mass is 19.3. The smallest absolute Gasteiger partial charge is 0.229 e. The van der Waals surface area contributed by atoms with Crippen LogP contribution in [0, 0.1) is 5.82 Å². The molecule has 1 rings (SSSR count). The second-order valence-electron chi connectivity index (χ2n) is 2.16. The number of hydrogen-bond donors (Lipinski definition) is 0. The van der Waals surface area contributed by atoms with Gasteiger partial charge in [-0.25, -0.2) is 13.2 Å². The molecule has 0 saturated heterocycles. The van der Waals surface area contributed by atoms with Gasteiger partial charge in [0, 0.05) is 5.56 Å². The molecule has 13 heavy (non-hydrogen) atoms.